The van der Waals surface area contributed by atoms with Gasteiger partial charge in [0.2, 0.25) is 0 Å². The van der Waals surface area contributed by atoms with E-state index in [0.29, 0.717) is 42.1 Å². The minimum Gasteiger partial charge on any atom is -0.408 e. The van der Waals surface area contributed by atoms with Crippen LogP contribution in [-0.2, 0) is 0 Å². The standard InChI is InChI=1S/C22H29N7O2/c23-20-9-8-18(21(24)25-20)27-26-17-6-2-3-7-19(17)31-22(30)29-14-10-16(11-15-29)28-12-4-1-5-13-28/h2-3,6-9,16H,1,4-5,10-15H2,(H4,23,24,25)/b27-26+. The van der Waals surface area contributed by atoms with Crippen molar-refractivity contribution in [3.63, 3.8) is 0 Å². The highest BCUT2D eigenvalue weighted by Crippen LogP contribution is 2.31. The molecule has 0 atom stereocenters. The second-order valence-corrected chi connectivity index (χ2v) is 7.99. The Hall–Kier alpha value is -3.20. The van der Waals surface area contributed by atoms with E-state index in [4.69, 9.17) is 16.2 Å². The van der Waals surface area contributed by atoms with Crippen molar-refractivity contribution in [2.75, 3.05) is 37.6 Å². The summed E-state index contributed by atoms with van der Waals surface area (Å²) in [5.41, 5.74) is 12.3. The number of likely N-dealkylation sites (tertiary alicyclic amines) is 2. The van der Waals surface area contributed by atoms with E-state index in [2.05, 4.69) is 20.1 Å². The summed E-state index contributed by atoms with van der Waals surface area (Å²) >= 11 is 0. The number of benzene rings is 1. The van der Waals surface area contributed by atoms with Crippen molar-refractivity contribution < 1.29 is 9.53 Å². The minimum atomic E-state index is -0.353. The van der Waals surface area contributed by atoms with Gasteiger partial charge in [0.15, 0.2) is 11.6 Å². The first-order chi connectivity index (χ1) is 15.1. The normalized spacial score (nSPS) is 18.4. The van der Waals surface area contributed by atoms with Crippen molar-refractivity contribution in [1.82, 2.24) is 14.8 Å². The highest BCUT2D eigenvalue weighted by molar-refractivity contribution is 5.73. The lowest BCUT2D eigenvalue weighted by Crippen LogP contribution is -2.48. The van der Waals surface area contributed by atoms with Gasteiger partial charge in [-0.3, -0.25) is 0 Å². The third-order valence-corrected chi connectivity index (χ3v) is 5.88. The highest BCUT2D eigenvalue weighted by Gasteiger charge is 2.28. The summed E-state index contributed by atoms with van der Waals surface area (Å²) in [7, 11) is 0. The van der Waals surface area contributed by atoms with Crippen molar-refractivity contribution in [2.45, 2.75) is 38.1 Å². The fraction of sp³-hybridized carbons (Fsp3) is 0.455. The fourth-order valence-corrected chi connectivity index (χ4v) is 4.16. The predicted molar refractivity (Wildman–Crippen MR) is 120 cm³/mol. The van der Waals surface area contributed by atoms with E-state index in [9.17, 15) is 4.79 Å². The molecule has 164 valence electrons. The molecule has 0 bridgehead atoms. The van der Waals surface area contributed by atoms with Crippen molar-refractivity contribution >= 4 is 29.1 Å². The number of ether oxygens (including phenoxy) is 1. The zero-order valence-corrected chi connectivity index (χ0v) is 17.6. The van der Waals surface area contributed by atoms with Gasteiger partial charge in [-0.05, 0) is 63.0 Å². The Morgan fingerprint density at radius 1 is 0.935 bits per heavy atom. The van der Waals surface area contributed by atoms with E-state index in [0.717, 1.165) is 12.8 Å². The molecule has 0 aliphatic carbocycles. The molecular formula is C22H29N7O2. The molecule has 4 rings (SSSR count). The van der Waals surface area contributed by atoms with Gasteiger partial charge in [-0.2, -0.15) is 0 Å². The van der Waals surface area contributed by atoms with Crippen LogP contribution in [0, 0.1) is 0 Å². The van der Waals surface area contributed by atoms with Gasteiger partial charge in [-0.25, -0.2) is 9.78 Å². The number of para-hydroxylation sites is 1. The molecule has 31 heavy (non-hydrogen) atoms. The number of aromatic nitrogens is 1. The molecule has 0 spiro atoms. The molecular weight excluding hydrogens is 394 g/mol. The first kappa shape index (κ1) is 21.0. The van der Waals surface area contributed by atoms with Gasteiger partial charge in [0.25, 0.3) is 0 Å². The number of piperidine rings is 2. The van der Waals surface area contributed by atoms with Crippen LogP contribution >= 0.6 is 0 Å². The lowest BCUT2D eigenvalue weighted by molar-refractivity contribution is 0.0879. The molecule has 2 aliphatic heterocycles. The molecule has 2 aromatic rings. The first-order valence-corrected chi connectivity index (χ1v) is 10.8. The van der Waals surface area contributed by atoms with Crippen LogP contribution in [0.4, 0.5) is 27.8 Å². The lowest BCUT2D eigenvalue weighted by atomic mass is 10.0. The number of rotatable bonds is 4. The van der Waals surface area contributed by atoms with Crippen LogP contribution in [-0.4, -0.2) is 53.1 Å². The molecule has 1 aromatic heterocycles. The molecule has 2 fully saturated rings. The molecule has 9 heteroatoms. The summed E-state index contributed by atoms with van der Waals surface area (Å²) in [6.07, 6.45) is 5.52. The number of pyridine rings is 1. The maximum atomic E-state index is 12.7. The molecule has 4 N–H and O–H groups in total. The monoisotopic (exact) mass is 423 g/mol. The van der Waals surface area contributed by atoms with Crippen molar-refractivity contribution in [3.05, 3.63) is 36.4 Å². The summed E-state index contributed by atoms with van der Waals surface area (Å²) in [5, 5.41) is 8.33. The second kappa shape index (κ2) is 9.74. The molecule has 0 radical (unpaired) electrons. The van der Waals surface area contributed by atoms with E-state index >= 15 is 0 Å². The number of amides is 1. The molecule has 3 heterocycles. The number of azo groups is 1. The number of carbonyl (C=O) groups is 1. The molecule has 9 nitrogen and oxygen atoms in total. The van der Waals surface area contributed by atoms with Gasteiger partial charge >= 0.3 is 6.09 Å². The number of hydrogen-bond acceptors (Lipinski definition) is 8. The van der Waals surface area contributed by atoms with Crippen LogP contribution in [0.3, 0.4) is 0 Å². The number of nitrogens with zero attached hydrogens (tertiary/aromatic N) is 5. The highest BCUT2D eigenvalue weighted by atomic mass is 16.6. The van der Waals surface area contributed by atoms with Crippen LogP contribution in [0.15, 0.2) is 46.6 Å². The Balaban J connectivity index is 1.37. The second-order valence-electron chi connectivity index (χ2n) is 7.99. The molecule has 1 aromatic carbocycles. The minimum absolute atomic E-state index is 0.190. The maximum absolute atomic E-state index is 12.7. The molecule has 2 aliphatic rings. The van der Waals surface area contributed by atoms with Crippen LogP contribution in [0.1, 0.15) is 32.1 Å². The molecule has 1 amide bonds. The van der Waals surface area contributed by atoms with Gasteiger partial charge < -0.3 is 26.0 Å². The Morgan fingerprint density at radius 2 is 1.65 bits per heavy atom. The Morgan fingerprint density at radius 3 is 2.39 bits per heavy atom. The summed E-state index contributed by atoms with van der Waals surface area (Å²) in [6, 6.07) is 10.9. The quantitative estimate of drug-likeness (QED) is 0.714. The van der Waals surface area contributed by atoms with E-state index in [1.54, 1.807) is 41.3 Å². The largest absolute Gasteiger partial charge is 0.415 e. The Labute approximate surface area is 182 Å². The third kappa shape index (κ3) is 5.29. The first-order valence-electron chi connectivity index (χ1n) is 10.8. The van der Waals surface area contributed by atoms with Gasteiger partial charge in [0.1, 0.15) is 17.2 Å². The van der Waals surface area contributed by atoms with Gasteiger partial charge in [-0.1, -0.05) is 18.6 Å². The summed E-state index contributed by atoms with van der Waals surface area (Å²) in [5.74, 6) is 0.862. The number of nitrogens with two attached hydrogens (primary N) is 2. The summed E-state index contributed by atoms with van der Waals surface area (Å²) in [4.78, 5) is 21.1. The van der Waals surface area contributed by atoms with Crippen LogP contribution in [0.2, 0.25) is 0 Å². The van der Waals surface area contributed by atoms with Crippen LogP contribution in [0.5, 0.6) is 5.75 Å². The van der Waals surface area contributed by atoms with E-state index < -0.39 is 0 Å². The van der Waals surface area contributed by atoms with Gasteiger partial charge in [-0.15, -0.1) is 10.2 Å². The molecule has 0 unspecified atom stereocenters. The van der Waals surface area contributed by atoms with E-state index in [1.165, 1.54) is 32.4 Å². The van der Waals surface area contributed by atoms with Crippen LogP contribution < -0.4 is 16.2 Å². The van der Waals surface area contributed by atoms with E-state index in [-0.39, 0.29) is 11.9 Å². The molecule has 2 saturated heterocycles. The van der Waals surface area contributed by atoms with Gasteiger partial charge in [0.05, 0.1) is 0 Å². The van der Waals surface area contributed by atoms with Crippen molar-refractivity contribution in [2.24, 2.45) is 10.2 Å². The third-order valence-electron chi connectivity index (χ3n) is 5.88. The van der Waals surface area contributed by atoms with Crippen LogP contribution in [0.25, 0.3) is 0 Å². The average Bonchev–Trinajstić information content (AvgIpc) is 2.80. The van der Waals surface area contributed by atoms with Crippen molar-refractivity contribution in [3.8, 4) is 5.75 Å². The zero-order valence-electron chi connectivity index (χ0n) is 17.6. The number of anilines is 2. The summed E-state index contributed by atoms with van der Waals surface area (Å²) in [6.45, 7) is 3.78. The number of nitrogen functional groups attached to an aromatic ring is 2. The summed E-state index contributed by atoms with van der Waals surface area (Å²) < 4.78 is 5.66. The fourth-order valence-electron chi connectivity index (χ4n) is 4.16. The van der Waals surface area contributed by atoms with E-state index in [1.807, 2.05) is 0 Å². The smallest absolute Gasteiger partial charge is 0.408 e. The predicted octanol–water partition coefficient (Wildman–Crippen LogP) is 4.11. The van der Waals surface area contributed by atoms with Crippen molar-refractivity contribution in [1.29, 1.82) is 0 Å². The number of hydrogen-bond donors (Lipinski definition) is 2. The maximum Gasteiger partial charge on any atom is 0.415 e. The SMILES string of the molecule is Nc1ccc(/N=N/c2ccccc2OC(=O)N2CCC(N3CCCCC3)CC2)c(N)n1. The molecule has 0 saturated carbocycles. The van der Waals surface area contributed by atoms with Gasteiger partial charge in [0, 0.05) is 19.1 Å². The Kier molecular flexibility index (Phi) is 6.61. The topological polar surface area (TPSA) is 122 Å². The number of carbonyl (C=O) groups excluding carboxylic acids is 1. The lowest BCUT2D eigenvalue weighted by Gasteiger charge is -2.39. The average molecular weight is 424 g/mol. The zero-order chi connectivity index (χ0) is 21.6. The Bertz CT molecular complexity index is 935.